The maximum atomic E-state index is 12.9. The molecule has 0 unspecified atom stereocenters. The van der Waals surface area contributed by atoms with Crippen LogP contribution in [0.25, 0.3) is 0 Å². The highest BCUT2D eigenvalue weighted by molar-refractivity contribution is 7.90. The molecule has 2 heterocycles. The molecule has 0 saturated carbocycles. The summed E-state index contributed by atoms with van der Waals surface area (Å²) in [5.74, 6) is 0.814. The van der Waals surface area contributed by atoms with Crippen molar-refractivity contribution in [3.05, 3.63) is 58.6 Å². The zero-order chi connectivity index (χ0) is 23.6. The van der Waals surface area contributed by atoms with Crippen molar-refractivity contribution >= 4 is 27.3 Å². The number of aryl methyl sites for hydroxylation is 1. The minimum absolute atomic E-state index is 0.0932. The van der Waals surface area contributed by atoms with E-state index < -0.39 is 9.84 Å². The molecule has 0 aliphatic carbocycles. The lowest BCUT2D eigenvalue weighted by Gasteiger charge is -2.41. The molecule has 2 aliphatic rings. The number of carbonyl (C=O) groups excluding carboxylic acids is 1. The van der Waals surface area contributed by atoms with E-state index in [0.29, 0.717) is 24.7 Å². The Morgan fingerprint density at radius 3 is 2.33 bits per heavy atom. The van der Waals surface area contributed by atoms with E-state index >= 15 is 0 Å². The van der Waals surface area contributed by atoms with Gasteiger partial charge < -0.3 is 9.64 Å². The highest BCUT2D eigenvalue weighted by Crippen LogP contribution is 2.27. The number of benzene rings is 2. The molecule has 2 aliphatic heterocycles. The number of hydrogen-bond acceptors (Lipinski definition) is 5. The molecule has 2 aromatic rings. The third-order valence-corrected chi connectivity index (χ3v) is 8.03. The molecule has 0 spiro atoms. The molecule has 6 nitrogen and oxygen atoms in total. The molecule has 2 fully saturated rings. The molecular weight excluding hydrogens is 460 g/mol. The number of likely N-dealkylation sites (tertiary alicyclic amines) is 2. The SMILES string of the molecule is Cc1cc(Cl)ccc1OC1CCN(C2CCN(C(=O)c3cccc(S(C)(=O)=O)c3)CC2)CC1. The standard InChI is InChI=1S/C25H31ClN2O4S/c1-18-16-20(26)6-7-24(18)32-22-10-14-27(15-11-22)21-8-12-28(13-9-21)25(29)19-4-3-5-23(17-19)33(2,30)31/h3-7,16-17,21-22H,8-15H2,1-2H3. The van der Waals surface area contributed by atoms with Gasteiger partial charge in [0.15, 0.2) is 9.84 Å². The number of hydrogen-bond donors (Lipinski definition) is 0. The molecule has 2 saturated heterocycles. The summed E-state index contributed by atoms with van der Waals surface area (Å²) in [6.45, 7) is 5.38. The molecule has 178 valence electrons. The van der Waals surface area contributed by atoms with Crippen LogP contribution in [-0.4, -0.2) is 68.7 Å². The van der Waals surface area contributed by atoms with Crippen LogP contribution in [0.2, 0.25) is 5.02 Å². The van der Waals surface area contributed by atoms with Gasteiger partial charge in [-0.3, -0.25) is 9.69 Å². The van der Waals surface area contributed by atoms with E-state index in [9.17, 15) is 13.2 Å². The molecular formula is C25H31ClN2O4S. The Labute approximate surface area is 201 Å². The van der Waals surface area contributed by atoms with Gasteiger partial charge in [-0.15, -0.1) is 0 Å². The van der Waals surface area contributed by atoms with E-state index in [4.69, 9.17) is 16.3 Å². The van der Waals surface area contributed by atoms with Crippen LogP contribution in [0.4, 0.5) is 0 Å². The van der Waals surface area contributed by atoms with Gasteiger partial charge in [-0.1, -0.05) is 17.7 Å². The fraction of sp³-hybridized carbons (Fsp3) is 0.480. The highest BCUT2D eigenvalue weighted by Gasteiger charge is 2.30. The summed E-state index contributed by atoms with van der Waals surface area (Å²) >= 11 is 6.04. The van der Waals surface area contributed by atoms with E-state index in [2.05, 4.69) is 4.90 Å². The normalized spacial score (nSPS) is 18.9. The van der Waals surface area contributed by atoms with Gasteiger partial charge in [0, 0.05) is 49.1 Å². The average Bonchev–Trinajstić information content (AvgIpc) is 2.80. The Morgan fingerprint density at radius 1 is 1.00 bits per heavy atom. The van der Waals surface area contributed by atoms with Gasteiger partial charge in [-0.25, -0.2) is 8.42 Å². The Morgan fingerprint density at radius 2 is 1.70 bits per heavy atom. The number of nitrogens with zero attached hydrogens (tertiary/aromatic N) is 2. The van der Waals surface area contributed by atoms with Crippen molar-refractivity contribution in [2.75, 3.05) is 32.4 Å². The minimum Gasteiger partial charge on any atom is -0.490 e. The van der Waals surface area contributed by atoms with E-state index in [-0.39, 0.29) is 16.9 Å². The molecule has 0 radical (unpaired) electrons. The molecule has 0 atom stereocenters. The maximum Gasteiger partial charge on any atom is 0.253 e. The van der Waals surface area contributed by atoms with Crippen LogP contribution in [0.15, 0.2) is 47.4 Å². The summed E-state index contributed by atoms with van der Waals surface area (Å²) in [5.41, 5.74) is 1.50. The first-order chi connectivity index (χ1) is 15.7. The number of halogens is 1. The van der Waals surface area contributed by atoms with Crippen molar-refractivity contribution in [1.29, 1.82) is 0 Å². The molecule has 1 amide bonds. The largest absolute Gasteiger partial charge is 0.490 e. The highest BCUT2D eigenvalue weighted by atomic mass is 35.5. The number of carbonyl (C=O) groups is 1. The Balaban J connectivity index is 1.27. The van der Waals surface area contributed by atoms with Gasteiger partial charge in [-0.2, -0.15) is 0 Å². The van der Waals surface area contributed by atoms with Gasteiger partial charge in [0.1, 0.15) is 11.9 Å². The van der Waals surface area contributed by atoms with Crippen molar-refractivity contribution in [3.63, 3.8) is 0 Å². The second kappa shape index (κ2) is 10.0. The predicted octanol–water partition coefficient (Wildman–Crippen LogP) is 4.20. The Bertz CT molecular complexity index is 1110. The Hall–Kier alpha value is -2.09. The zero-order valence-corrected chi connectivity index (χ0v) is 20.7. The molecule has 33 heavy (non-hydrogen) atoms. The van der Waals surface area contributed by atoms with Crippen molar-refractivity contribution in [3.8, 4) is 5.75 Å². The quantitative estimate of drug-likeness (QED) is 0.628. The molecule has 2 aromatic carbocycles. The summed E-state index contributed by atoms with van der Waals surface area (Å²) in [7, 11) is -3.34. The smallest absolute Gasteiger partial charge is 0.253 e. The number of ether oxygens (including phenoxy) is 1. The molecule has 0 aromatic heterocycles. The van der Waals surface area contributed by atoms with E-state index in [1.807, 2.05) is 30.0 Å². The van der Waals surface area contributed by atoms with Crippen LogP contribution in [0.1, 0.15) is 41.6 Å². The molecule has 8 heteroatoms. The lowest BCUT2D eigenvalue weighted by Crippen LogP contribution is -2.50. The fourth-order valence-electron chi connectivity index (χ4n) is 4.76. The van der Waals surface area contributed by atoms with Crippen LogP contribution in [0, 0.1) is 6.92 Å². The monoisotopic (exact) mass is 490 g/mol. The van der Waals surface area contributed by atoms with Crippen LogP contribution >= 0.6 is 11.6 Å². The van der Waals surface area contributed by atoms with Gasteiger partial charge >= 0.3 is 0 Å². The molecule has 4 rings (SSSR count). The first-order valence-electron chi connectivity index (χ1n) is 11.5. The second-order valence-electron chi connectivity index (χ2n) is 9.09. The van der Waals surface area contributed by atoms with Gasteiger partial charge in [0.2, 0.25) is 0 Å². The van der Waals surface area contributed by atoms with Crippen LogP contribution in [-0.2, 0) is 9.84 Å². The third-order valence-electron chi connectivity index (χ3n) is 6.68. The van der Waals surface area contributed by atoms with E-state index in [1.54, 1.807) is 12.1 Å². The van der Waals surface area contributed by atoms with Gasteiger partial charge in [0.25, 0.3) is 5.91 Å². The van der Waals surface area contributed by atoms with Crippen LogP contribution < -0.4 is 4.74 Å². The van der Waals surface area contributed by atoms with Crippen molar-refractivity contribution in [2.45, 2.75) is 49.6 Å². The number of amides is 1. The lowest BCUT2D eigenvalue weighted by molar-refractivity contribution is 0.0424. The topological polar surface area (TPSA) is 66.9 Å². The summed E-state index contributed by atoms with van der Waals surface area (Å²) in [6, 6.07) is 12.5. The van der Waals surface area contributed by atoms with Crippen molar-refractivity contribution < 1.29 is 17.9 Å². The average molecular weight is 491 g/mol. The van der Waals surface area contributed by atoms with Crippen molar-refractivity contribution in [2.24, 2.45) is 0 Å². The maximum absolute atomic E-state index is 12.9. The number of rotatable bonds is 5. The second-order valence-corrected chi connectivity index (χ2v) is 11.5. The molecule has 0 bridgehead atoms. The first-order valence-corrected chi connectivity index (χ1v) is 13.7. The first kappa shape index (κ1) is 24.0. The Kier molecular flexibility index (Phi) is 7.31. The van der Waals surface area contributed by atoms with Crippen LogP contribution in [0.5, 0.6) is 5.75 Å². The van der Waals surface area contributed by atoms with E-state index in [1.165, 1.54) is 12.1 Å². The van der Waals surface area contributed by atoms with Crippen molar-refractivity contribution in [1.82, 2.24) is 9.80 Å². The third kappa shape index (κ3) is 5.89. The summed E-state index contributed by atoms with van der Waals surface area (Å²) in [4.78, 5) is 17.5. The molecule has 0 N–H and O–H groups in total. The fourth-order valence-corrected chi connectivity index (χ4v) is 5.65. The van der Waals surface area contributed by atoms with Gasteiger partial charge in [-0.05, 0) is 74.6 Å². The van der Waals surface area contributed by atoms with Crippen LogP contribution in [0.3, 0.4) is 0 Å². The summed E-state index contributed by atoms with van der Waals surface area (Å²) < 4.78 is 29.9. The zero-order valence-electron chi connectivity index (χ0n) is 19.2. The summed E-state index contributed by atoms with van der Waals surface area (Å²) in [5, 5.41) is 0.725. The number of piperidine rings is 2. The predicted molar refractivity (Wildman–Crippen MR) is 130 cm³/mol. The minimum atomic E-state index is -3.34. The number of sulfone groups is 1. The summed E-state index contributed by atoms with van der Waals surface area (Å²) in [6.07, 6.45) is 5.20. The lowest BCUT2D eigenvalue weighted by atomic mass is 9.98. The van der Waals surface area contributed by atoms with E-state index in [0.717, 1.165) is 61.4 Å². The van der Waals surface area contributed by atoms with Gasteiger partial charge in [0.05, 0.1) is 4.90 Å².